The van der Waals surface area contributed by atoms with E-state index in [9.17, 15) is 4.79 Å². The lowest BCUT2D eigenvalue weighted by Gasteiger charge is -2.04. The second kappa shape index (κ2) is 4.82. The molecule has 0 spiro atoms. The highest BCUT2D eigenvalue weighted by atomic mass is 16.1. The van der Waals surface area contributed by atoms with Gasteiger partial charge < -0.3 is 9.88 Å². The fourth-order valence-electron chi connectivity index (χ4n) is 1.55. The molecule has 0 aromatic carbocycles. The molecule has 6 nitrogen and oxygen atoms in total. The van der Waals surface area contributed by atoms with Crippen LogP contribution in [0.1, 0.15) is 5.56 Å². The van der Waals surface area contributed by atoms with Crippen molar-refractivity contribution in [2.75, 3.05) is 11.9 Å². The number of rotatable bonds is 4. The maximum Gasteiger partial charge on any atom is 0.293 e. The minimum absolute atomic E-state index is 0.112. The van der Waals surface area contributed by atoms with Crippen LogP contribution in [0.25, 0.3) is 0 Å². The molecule has 0 fully saturated rings. The molecule has 0 bridgehead atoms. The molecule has 2 heterocycles. The molecule has 0 amide bonds. The zero-order chi connectivity index (χ0) is 12.3. The SMILES string of the molecule is Cn1cc(CCNc2nccn(C)c2=O)cn1. The first-order valence-electron chi connectivity index (χ1n) is 5.40. The molecule has 2 aromatic rings. The molecule has 0 radical (unpaired) electrons. The summed E-state index contributed by atoms with van der Waals surface area (Å²) in [6.45, 7) is 0.665. The molecule has 2 aromatic heterocycles. The molecule has 17 heavy (non-hydrogen) atoms. The normalized spacial score (nSPS) is 10.5. The van der Waals surface area contributed by atoms with Crippen molar-refractivity contribution >= 4 is 5.82 Å². The van der Waals surface area contributed by atoms with Gasteiger partial charge in [-0.1, -0.05) is 0 Å². The van der Waals surface area contributed by atoms with Gasteiger partial charge in [0.2, 0.25) is 0 Å². The van der Waals surface area contributed by atoms with Crippen molar-refractivity contribution < 1.29 is 0 Å². The van der Waals surface area contributed by atoms with Gasteiger partial charge in [0.05, 0.1) is 6.20 Å². The zero-order valence-electron chi connectivity index (χ0n) is 9.92. The molecule has 0 aliphatic rings. The average molecular weight is 233 g/mol. The Labute approximate surface area is 98.9 Å². The summed E-state index contributed by atoms with van der Waals surface area (Å²) in [5.74, 6) is 0.388. The van der Waals surface area contributed by atoms with Crippen LogP contribution in [0.4, 0.5) is 5.82 Å². The Morgan fingerprint density at radius 3 is 2.94 bits per heavy atom. The topological polar surface area (TPSA) is 64.7 Å². The Morgan fingerprint density at radius 2 is 2.24 bits per heavy atom. The monoisotopic (exact) mass is 233 g/mol. The van der Waals surface area contributed by atoms with Gasteiger partial charge in [-0.2, -0.15) is 5.10 Å². The molecule has 6 heteroatoms. The quantitative estimate of drug-likeness (QED) is 0.817. The van der Waals surface area contributed by atoms with E-state index in [2.05, 4.69) is 15.4 Å². The Bertz CT molecular complexity index is 557. The number of aromatic nitrogens is 4. The first kappa shape index (κ1) is 11.4. The summed E-state index contributed by atoms with van der Waals surface area (Å²) < 4.78 is 3.26. The van der Waals surface area contributed by atoms with Crippen LogP contribution in [-0.2, 0) is 20.5 Å². The van der Waals surface area contributed by atoms with Gasteiger partial charge in [0.15, 0.2) is 5.82 Å². The lowest BCUT2D eigenvalue weighted by molar-refractivity contribution is 0.766. The molecule has 0 saturated heterocycles. The second-order valence-corrected chi connectivity index (χ2v) is 3.89. The van der Waals surface area contributed by atoms with Crippen LogP contribution in [0, 0.1) is 0 Å². The Morgan fingerprint density at radius 1 is 1.41 bits per heavy atom. The molecule has 1 N–H and O–H groups in total. The van der Waals surface area contributed by atoms with Gasteiger partial charge in [-0.05, 0) is 12.0 Å². The van der Waals surface area contributed by atoms with Crippen LogP contribution in [0.15, 0.2) is 29.6 Å². The van der Waals surface area contributed by atoms with Crippen molar-refractivity contribution in [2.45, 2.75) is 6.42 Å². The third kappa shape index (κ3) is 2.72. The van der Waals surface area contributed by atoms with Crippen LogP contribution in [0.5, 0.6) is 0 Å². The Balaban J connectivity index is 1.94. The van der Waals surface area contributed by atoms with E-state index in [1.165, 1.54) is 4.57 Å². The summed E-state index contributed by atoms with van der Waals surface area (Å²) in [6, 6.07) is 0. The smallest absolute Gasteiger partial charge is 0.293 e. The number of nitrogens with one attached hydrogen (secondary N) is 1. The van der Waals surface area contributed by atoms with E-state index in [1.807, 2.05) is 19.4 Å². The van der Waals surface area contributed by atoms with Crippen LogP contribution in [0.2, 0.25) is 0 Å². The van der Waals surface area contributed by atoms with E-state index in [1.54, 1.807) is 24.1 Å². The van der Waals surface area contributed by atoms with Crippen molar-refractivity contribution in [2.24, 2.45) is 14.1 Å². The van der Waals surface area contributed by atoms with E-state index >= 15 is 0 Å². The first-order chi connectivity index (χ1) is 8.16. The molecular weight excluding hydrogens is 218 g/mol. The summed E-state index contributed by atoms with van der Waals surface area (Å²) in [5.41, 5.74) is 1.02. The van der Waals surface area contributed by atoms with Crippen molar-refractivity contribution in [3.8, 4) is 0 Å². The summed E-state index contributed by atoms with van der Waals surface area (Å²) in [7, 11) is 3.59. The van der Waals surface area contributed by atoms with Gasteiger partial charge in [-0.25, -0.2) is 4.98 Å². The molecule has 2 rings (SSSR count). The van der Waals surface area contributed by atoms with E-state index < -0.39 is 0 Å². The molecule has 90 valence electrons. The highest BCUT2D eigenvalue weighted by Crippen LogP contribution is 1.98. The van der Waals surface area contributed by atoms with Crippen LogP contribution >= 0.6 is 0 Å². The van der Waals surface area contributed by atoms with Gasteiger partial charge >= 0.3 is 0 Å². The second-order valence-electron chi connectivity index (χ2n) is 3.89. The van der Waals surface area contributed by atoms with Crippen LogP contribution < -0.4 is 10.9 Å². The fraction of sp³-hybridized carbons (Fsp3) is 0.364. The predicted octanol–water partition coefficient (Wildman–Crippen LogP) is 0.168. The molecule has 0 unspecified atom stereocenters. The predicted molar refractivity (Wildman–Crippen MR) is 64.9 cm³/mol. The van der Waals surface area contributed by atoms with E-state index in [-0.39, 0.29) is 5.56 Å². The minimum Gasteiger partial charge on any atom is -0.365 e. The van der Waals surface area contributed by atoms with Gasteiger partial charge in [0.1, 0.15) is 0 Å². The van der Waals surface area contributed by atoms with Gasteiger partial charge in [0, 0.05) is 39.2 Å². The first-order valence-corrected chi connectivity index (χ1v) is 5.40. The summed E-state index contributed by atoms with van der Waals surface area (Å²) in [5, 5.41) is 7.11. The summed E-state index contributed by atoms with van der Waals surface area (Å²) >= 11 is 0. The zero-order valence-corrected chi connectivity index (χ0v) is 9.92. The van der Waals surface area contributed by atoms with Gasteiger partial charge in [-0.3, -0.25) is 9.48 Å². The summed E-state index contributed by atoms with van der Waals surface area (Å²) in [6.07, 6.45) is 7.83. The standard InChI is InChI=1S/C11H15N5O/c1-15-6-5-13-10(11(15)17)12-4-3-9-7-14-16(2)8-9/h5-8H,3-4H2,1-2H3,(H,12,13). The van der Waals surface area contributed by atoms with Crippen molar-refractivity contribution in [3.63, 3.8) is 0 Å². The molecule has 0 saturated carbocycles. The van der Waals surface area contributed by atoms with E-state index in [0.717, 1.165) is 12.0 Å². The number of nitrogens with zero attached hydrogens (tertiary/aromatic N) is 4. The third-order valence-corrected chi connectivity index (χ3v) is 2.48. The largest absolute Gasteiger partial charge is 0.365 e. The van der Waals surface area contributed by atoms with Crippen molar-refractivity contribution in [1.82, 2.24) is 19.3 Å². The highest BCUT2D eigenvalue weighted by molar-refractivity contribution is 5.30. The van der Waals surface area contributed by atoms with Gasteiger partial charge in [0.25, 0.3) is 5.56 Å². The third-order valence-electron chi connectivity index (χ3n) is 2.48. The molecule has 0 atom stereocenters. The fourth-order valence-corrected chi connectivity index (χ4v) is 1.55. The van der Waals surface area contributed by atoms with Crippen LogP contribution in [-0.4, -0.2) is 25.9 Å². The Hall–Kier alpha value is -2.11. The minimum atomic E-state index is -0.112. The highest BCUT2D eigenvalue weighted by Gasteiger charge is 2.01. The van der Waals surface area contributed by atoms with Crippen LogP contribution in [0.3, 0.4) is 0 Å². The molecular formula is C11H15N5O. The molecule has 0 aliphatic carbocycles. The van der Waals surface area contributed by atoms with Crippen molar-refractivity contribution in [1.29, 1.82) is 0 Å². The maximum absolute atomic E-state index is 11.6. The average Bonchev–Trinajstić information content (AvgIpc) is 2.70. The lowest BCUT2D eigenvalue weighted by atomic mass is 10.2. The number of hydrogen-bond acceptors (Lipinski definition) is 4. The molecule has 0 aliphatic heterocycles. The number of anilines is 1. The number of hydrogen-bond donors (Lipinski definition) is 1. The number of aryl methyl sites for hydroxylation is 2. The van der Waals surface area contributed by atoms with Gasteiger partial charge in [-0.15, -0.1) is 0 Å². The Kier molecular flexibility index (Phi) is 3.22. The van der Waals surface area contributed by atoms with Crippen molar-refractivity contribution in [3.05, 3.63) is 40.7 Å². The van der Waals surface area contributed by atoms with E-state index in [4.69, 9.17) is 0 Å². The summed E-state index contributed by atoms with van der Waals surface area (Å²) in [4.78, 5) is 15.6. The lowest BCUT2D eigenvalue weighted by Crippen LogP contribution is -2.22. The maximum atomic E-state index is 11.6. The van der Waals surface area contributed by atoms with E-state index in [0.29, 0.717) is 12.4 Å².